The van der Waals surface area contributed by atoms with Crippen LogP contribution in [0, 0.1) is 0 Å². The summed E-state index contributed by atoms with van der Waals surface area (Å²) in [6.45, 7) is 3.98. The molecule has 0 radical (unpaired) electrons. The number of aliphatic hydroxyl groups excluding tert-OH is 1. The number of hydrogen-bond donors (Lipinski definition) is 1. The zero-order chi connectivity index (χ0) is 10.1. The quantitative estimate of drug-likeness (QED) is 0.636. The molecule has 0 bridgehead atoms. The lowest BCUT2D eigenvalue weighted by molar-refractivity contribution is -0.114. The minimum absolute atomic E-state index is 0.209. The van der Waals surface area contributed by atoms with Crippen LogP contribution >= 0.6 is 0 Å². The molecule has 1 aliphatic heterocycles. The third kappa shape index (κ3) is 1.14. The van der Waals surface area contributed by atoms with Gasteiger partial charge in [-0.1, -0.05) is 30.9 Å². The Labute approximate surface area is 81.7 Å². The van der Waals surface area contributed by atoms with Crippen molar-refractivity contribution >= 4 is 5.78 Å². The monoisotopic (exact) mass is 190 g/mol. The Morgan fingerprint density at radius 2 is 2.43 bits per heavy atom. The first-order chi connectivity index (χ1) is 6.75. The van der Waals surface area contributed by atoms with Crippen LogP contribution in [0.5, 0.6) is 0 Å². The van der Waals surface area contributed by atoms with Gasteiger partial charge >= 0.3 is 0 Å². The smallest absolute Gasteiger partial charge is 0.226 e. The van der Waals surface area contributed by atoms with Crippen molar-refractivity contribution in [2.75, 3.05) is 6.61 Å². The molecule has 1 N–H and O–H groups in total. The zero-order valence-corrected chi connectivity index (χ0v) is 7.56. The molecule has 0 aromatic heterocycles. The third-order valence-electron chi connectivity index (χ3n) is 2.27. The van der Waals surface area contributed by atoms with Crippen molar-refractivity contribution in [1.82, 2.24) is 0 Å². The van der Waals surface area contributed by atoms with Gasteiger partial charge in [-0.15, -0.1) is 0 Å². The second-order valence-electron chi connectivity index (χ2n) is 3.11. The molecular weight excluding hydrogens is 180 g/mol. The van der Waals surface area contributed by atoms with Gasteiger partial charge in [-0.05, 0) is 0 Å². The fourth-order valence-electron chi connectivity index (χ4n) is 1.64. The molecule has 0 saturated heterocycles. The molecule has 1 heterocycles. The van der Waals surface area contributed by atoms with Crippen LogP contribution < -0.4 is 0 Å². The Hall–Kier alpha value is -1.61. The molecule has 2 aliphatic rings. The molecule has 3 heteroatoms. The highest BCUT2D eigenvalue weighted by Gasteiger charge is 2.37. The summed E-state index contributed by atoms with van der Waals surface area (Å²) in [7, 11) is 0. The number of rotatable bonds is 1. The second-order valence-corrected chi connectivity index (χ2v) is 3.11. The van der Waals surface area contributed by atoms with Crippen molar-refractivity contribution in [1.29, 1.82) is 0 Å². The van der Waals surface area contributed by atoms with Crippen LogP contribution in [0.4, 0.5) is 0 Å². The van der Waals surface area contributed by atoms with Gasteiger partial charge in [0.25, 0.3) is 0 Å². The standard InChI is InChI=1S/C11H10O3/c1-2-4-7-9(12)10(13)8-5-3-6-14-11(7)8/h2-5,11,13H,1,6H2/b7-4-/t11-/m0/s1. The molecule has 0 aromatic rings. The molecule has 0 aromatic carbocycles. The number of carbonyl (C=O) groups excluding carboxylic acids is 1. The molecule has 0 saturated carbocycles. The second kappa shape index (κ2) is 3.27. The minimum Gasteiger partial charge on any atom is -0.504 e. The predicted octanol–water partition coefficient (Wildman–Crippen LogP) is 1.45. The van der Waals surface area contributed by atoms with E-state index in [1.54, 1.807) is 18.2 Å². The molecule has 1 atom stereocenters. The maximum atomic E-state index is 11.5. The van der Waals surface area contributed by atoms with E-state index < -0.39 is 6.10 Å². The number of carbonyl (C=O) groups is 1. The summed E-state index contributed by atoms with van der Waals surface area (Å²) in [6.07, 6.45) is 6.18. The molecular formula is C11H10O3. The summed E-state index contributed by atoms with van der Waals surface area (Å²) in [5, 5.41) is 9.51. The van der Waals surface area contributed by atoms with E-state index in [0.29, 0.717) is 17.8 Å². The number of fused-ring (bicyclic) bond motifs is 1. The van der Waals surface area contributed by atoms with Crippen LogP contribution in [0.2, 0.25) is 0 Å². The lowest BCUT2D eigenvalue weighted by Crippen LogP contribution is -2.18. The predicted molar refractivity (Wildman–Crippen MR) is 51.8 cm³/mol. The minimum atomic E-state index is -0.412. The van der Waals surface area contributed by atoms with Crippen molar-refractivity contribution < 1.29 is 14.6 Å². The Bertz CT molecular complexity index is 385. The average Bonchev–Trinajstić information content (AvgIpc) is 2.45. The van der Waals surface area contributed by atoms with E-state index in [4.69, 9.17) is 4.74 Å². The molecule has 0 spiro atoms. The first kappa shape index (κ1) is 8.97. The molecule has 72 valence electrons. The molecule has 3 nitrogen and oxygen atoms in total. The Morgan fingerprint density at radius 3 is 3.14 bits per heavy atom. The summed E-state index contributed by atoms with van der Waals surface area (Å²) in [5.41, 5.74) is 1.01. The Morgan fingerprint density at radius 1 is 1.64 bits per heavy atom. The van der Waals surface area contributed by atoms with E-state index in [1.807, 2.05) is 0 Å². The SMILES string of the molecule is C=C/C=C1/C(=O)C(O)=C2C=CCO[C@H]21. The topological polar surface area (TPSA) is 46.5 Å². The number of Topliss-reactive ketones (excluding diaryl/α,β-unsaturated/α-hetero) is 1. The molecule has 14 heavy (non-hydrogen) atoms. The lowest BCUT2D eigenvalue weighted by atomic mass is 10.1. The van der Waals surface area contributed by atoms with E-state index >= 15 is 0 Å². The summed E-state index contributed by atoms with van der Waals surface area (Å²) in [6, 6.07) is 0. The normalized spacial score (nSPS) is 28.4. The van der Waals surface area contributed by atoms with Gasteiger partial charge in [-0.2, -0.15) is 0 Å². The van der Waals surface area contributed by atoms with E-state index in [1.165, 1.54) is 6.08 Å². The summed E-state index contributed by atoms with van der Waals surface area (Å²) < 4.78 is 5.37. The molecule has 0 amide bonds. The number of hydrogen-bond acceptors (Lipinski definition) is 3. The van der Waals surface area contributed by atoms with Crippen LogP contribution in [-0.2, 0) is 9.53 Å². The Balaban J connectivity index is 2.48. The fraction of sp³-hybridized carbons (Fsp3) is 0.182. The van der Waals surface area contributed by atoms with Crippen molar-refractivity contribution in [3.63, 3.8) is 0 Å². The van der Waals surface area contributed by atoms with Crippen molar-refractivity contribution in [2.24, 2.45) is 0 Å². The van der Waals surface area contributed by atoms with E-state index in [0.717, 1.165) is 0 Å². The van der Waals surface area contributed by atoms with Gasteiger partial charge in [0.05, 0.1) is 6.61 Å². The maximum absolute atomic E-state index is 11.5. The van der Waals surface area contributed by atoms with Gasteiger partial charge in [0.2, 0.25) is 5.78 Å². The van der Waals surface area contributed by atoms with Crippen LogP contribution in [0.1, 0.15) is 0 Å². The van der Waals surface area contributed by atoms with Gasteiger partial charge in [-0.25, -0.2) is 0 Å². The lowest BCUT2D eigenvalue weighted by Gasteiger charge is -2.16. The number of ether oxygens (including phenoxy) is 1. The van der Waals surface area contributed by atoms with Gasteiger partial charge in [-0.3, -0.25) is 4.79 Å². The van der Waals surface area contributed by atoms with E-state index in [9.17, 15) is 9.90 Å². The largest absolute Gasteiger partial charge is 0.504 e. The summed E-state index contributed by atoms with van der Waals surface area (Å²) in [5.74, 6) is -0.574. The first-order valence-corrected chi connectivity index (χ1v) is 4.34. The fourth-order valence-corrected chi connectivity index (χ4v) is 1.64. The van der Waals surface area contributed by atoms with Crippen LogP contribution in [0.15, 0.2) is 47.8 Å². The number of allylic oxidation sites excluding steroid dienone is 3. The number of aliphatic hydroxyl groups is 1. The van der Waals surface area contributed by atoms with E-state index in [-0.39, 0.29) is 11.5 Å². The maximum Gasteiger partial charge on any atom is 0.226 e. The van der Waals surface area contributed by atoms with Crippen molar-refractivity contribution in [3.8, 4) is 0 Å². The van der Waals surface area contributed by atoms with Gasteiger partial charge in [0.1, 0.15) is 6.10 Å². The van der Waals surface area contributed by atoms with Crippen LogP contribution in [-0.4, -0.2) is 23.6 Å². The van der Waals surface area contributed by atoms with Gasteiger partial charge in [0.15, 0.2) is 5.76 Å². The van der Waals surface area contributed by atoms with Crippen LogP contribution in [0.25, 0.3) is 0 Å². The first-order valence-electron chi connectivity index (χ1n) is 4.34. The summed E-state index contributed by atoms with van der Waals surface area (Å²) >= 11 is 0. The molecule has 0 unspecified atom stereocenters. The van der Waals surface area contributed by atoms with Crippen molar-refractivity contribution in [3.05, 3.63) is 47.8 Å². The highest BCUT2D eigenvalue weighted by molar-refractivity contribution is 6.12. The van der Waals surface area contributed by atoms with Crippen LogP contribution in [0.3, 0.4) is 0 Å². The Kier molecular flexibility index (Phi) is 2.09. The average molecular weight is 190 g/mol. The zero-order valence-electron chi connectivity index (χ0n) is 7.56. The number of ketones is 1. The van der Waals surface area contributed by atoms with Crippen molar-refractivity contribution in [2.45, 2.75) is 6.10 Å². The molecule has 2 rings (SSSR count). The van der Waals surface area contributed by atoms with Gasteiger partial charge in [0, 0.05) is 11.1 Å². The highest BCUT2D eigenvalue weighted by Crippen LogP contribution is 2.32. The third-order valence-corrected chi connectivity index (χ3v) is 2.27. The van der Waals surface area contributed by atoms with Gasteiger partial charge < -0.3 is 9.84 Å². The molecule has 1 aliphatic carbocycles. The van der Waals surface area contributed by atoms with E-state index in [2.05, 4.69) is 6.58 Å². The highest BCUT2D eigenvalue weighted by atomic mass is 16.5. The summed E-state index contributed by atoms with van der Waals surface area (Å²) in [4.78, 5) is 11.5. The molecule has 0 fully saturated rings.